The van der Waals surface area contributed by atoms with Gasteiger partial charge in [0, 0.05) is 4.70 Å². The monoisotopic (exact) mass is 370 g/mol. The Bertz CT molecular complexity index is 758. The van der Waals surface area contributed by atoms with E-state index >= 15 is 0 Å². The van der Waals surface area contributed by atoms with E-state index in [4.69, 9.17) is 9.47 Å². The van der Waals surface area contributed by atoms with E-state index in [2.05, 4.69) is 4.74 Å². The molecule has 1 aliphatic heterocycles. The molecule has 136 valence electrons. The van der Waals surface area contributed by atoms with E-state index in [0.717, 1.165) is 10.1 Å². The van der Waals surface area contributed by atoms with Crippen LogP contribution in [-0.4, -0.2) is 70.8 Å². The van der Waals surface area contributed by atoms with Gasteiger partial charge >= 0.3 is 5.97 Å². The Morgan fingerprint density at radius 1 is 1.20 bits per heavy atom. The number of carbonyl (C=O) groups is 1. The molecule has 1 aromatic heterocycles. The van der Waals surface area contributed by atoms with Gasteiger partial charge in [0.15, 0.2) is 0 Å². The molecule has 0 bridgehead atoms. The number of carbonyl (C=O) groups excluding carboxylic acids is 1. The lowest BCUT2D eigenvalue weighted by atomic mass is 9.99. The summed E-state index contributed by atoms with van der Waals surface area (Å²) in [6.07, 6.45) is -6.74. The Morgan fingerprint density at radius 3 is 2.64 bits per heavy atom. The molecule has 3 rings (SSSR count). The molecule has 2 heterocycles. The molecule has 1 saturated heterocycles. The maximum absolute atomic E-state index is 11.6. The van der Waals surface area contributed by atoms with Crippen LogP contribution < -0.4 is 4.74 Å². The van der Waals surface area contributed by atoms with Crippen molar-refractivity contribution in [2.45, 2.75) is 30.7 Å². The van der Waals surface area contributed by atoms with Gasteiger partial charge in [0.1, 0.15) is 35.0 Å². The van der Waals surface area contributed by atoms with Crippen LogP contribution in [0.1, 0.15) is 9.67 Å². The van der Waals surface area contributed by atoms with Crippen molar-refractivity contribution in [2.24, 2.45) is 0 Å². The van der Waals surface area contributed by atoms with Crippen molar-refractivity contribution in [1.29, 1.82) is 0 Å². The molecule has 0 aliphatic carbocycles. The summed E-state index contributed by atoms with van der Waals surface area (Å²) in [5.41, 5.74) is 0. The fourth-order valence-corrected chi connectivity index (χ4v) is 3.56. The quantitative estimate of drug-likeness (QED) is 0.548. The van der Waals surface area contributed by atoms with Crippen LogP contribution in [0, 0.1) is 0 Å². The second-order valence-corrected chi connectivity index (χ2v) is 6.70. The molecule has 25 heavy (non-hydrogen) atoms. The molecule has 1 aromatic carbocycles. The number of fused-ring (bicyclic) bond motifs is 1. The minimum absolute atomic E-state index is 0.339. The lowest BCUT2D eigenvalue weighted by Crippen LogP contribution is -2.60. The van der Waals surface area contributed by atoms with Gasteiger partial charge in [-0.25, -0.2) is 4.79 Å². The average Bonchev–Trinajstić information content (AvgIpc) is 3.04. The summed E-state index contributed by atoms with van der Waals surface area (Å²) in [6.45, 7) is -0.531. The highest BCUT2D eigenvalue weighted by molar-refractivity contribution is 7.20. The number of aliphatic hydroxyl groups excluding tert-OH is 4. The first kappa shape index (κ1) is 18.1. The molecular weight excluding hydrogens is 352 g/mol. The predicted molar refractivity (Wildman–Crippen MR) is 87.6 cm³/mol. The maximum atomic E-state index is 11.6. The fraction of sp³-hybridized carbons (Fsp3) is 0.438. The van der Waals surface area contributed by atoms with Gasteiger partial charge in [-0.3, -0.25) is 0 Å². The molecule has 1 aliphatic rings. The number of thiophene rings is 1. The zero-order valence-electron chi connectivity index (χ0n) is 13.2. The molecule has 0 radical (unpaired) electrons. The van der Waals surface area contributed by atoms with Gasteiger partial charge in [-0.2, -0.15) is 0 Å². The Kier molecular flexibility index (Phi) is 5.23. The van der Waals surface area contributed by atoms with Crippen LogP contribution in [0.25, 0.3) is 10.1 Å². The first-order chi connectivity index (χ1) is 11.9. The number of benzene rings is 1. The smallest absolute Gasteiger partial charge is 0.348 e. The third-order valence-electron chi connectivity index (χ3n) is 3.98. The molecule has 9 heteroatoms. The predicted octanol–water partition coefficient (Wildman–Crippen LogP) is -0.133. The van der Waals surface area contributed by atoms with Crippen LogP contribution in [0.5, 0.6) is 5.75 Å². The highest BCUT2D eigenvalue weighted by Gasteiger charge is 2.44. The summed E-state index contributed by atoms with van der Waals surface area (Å²) in [6, 6.07) is 6.68. The van der Waals surface area contributed by atoms with Crippen molar-refractivity contribution in [3.8, 4) is 5.75 Å². The van der Waals surface area contributed by atoms with E-state index in [1.54, 1.807) is 24.3 Å². The van der Waals surface area contributed by atoms with E-state index in [9.17, 15) is 25.2 Å². The zero-order chi connectivity index (χ0) is 18.1. The maximum Gasteiger partial charge on any atom is 0.348 e. The lowest BCUT2D eigenvalue weighted by molar-refractivity contribution is -0.277. The second kappa shape index (κ2) is 7.24. The van der Waals surface area contributed by atoms with E-state index in [1.165, 1.54) is 18.4 Å². The summed E-state index contributed by atoms with van der Waals surface area (Å²) in [5.74, 6) is -0.0938. The van der Waals surface area contributed by atoms with Gasteiger partial charge in [-0.1, -0.05) is 0 Å². The molecule has 0 amide bonds. The number of methoxy groups -OCH3 is 1. The van der Waals surface area contributed by atoms with Crippen LogP contribution >= 0.6 is 11.3 Å². The summed E-state index contributed by atoms with van der Waals surface area (Å²) >= 11 is 1.27. The largest absolute Gasteiger partial charge is 0.465 e. The van der Waals surface area contributed by atoms with Gasteiger partial charge in [0.25, 0.3) is 0 Å². The van der Waals surface area contributed by atoms with Crippen LogP contribution in [0.4, 0.5) is 0 Å². The molecule has 2 aromatic rings. The molecule has 4 N–H and O–H groups in total. The highest BCUT2D eigenvalue weighted by Crippen LogP contribution is 2.31. The number of aliphatic hydroxyl groups is 4. The van der Waals surface area contributed by atoms with E-state index in [0.29, 0.717) is 10.6 Å². The Morgan fingerprint density at radius 2 is 1.96 bits per heavy atom. The average molecular weight is 370 g/mol. The Hall–Kier alpha value is -1.75. The third kappa shape index (κ3) is 3.47. The normalized spacial score (nSPS) is 29.6. The number of esters is 1. The summed E-state index contributed by atoms with van der Waals surface area (Å²) in [7, 11) is 1.31. The minimum Gasteiger partial charge on any atom is -0.465 e. The number of rotatable bonds is 4. The van der Waals surface area contributed by atoms with Crippen LogP contribution in [0.3, 0.4) is 0 Å². The van der Waals surface area contributed by atoms with Crippen LogP contribution in [0.2, 0.25) is 0 Å². The van der Waals surface area contributed by atoms with Gasteiger partial charge in [0.05, 0.1) is 13.7 Å². The standard InChI is InChI=1S/C16H18O8S/c1-22-15(21)11-5-7-4-8(2-3-10(7)25-11)23-16-14(20)13(19)12(18)9(6-17)24-16/h2-5,9,12-14,16-20H,6H2,1H3/t9-,12-,13+,14+,16+/m1/s1. The molecule has 1 fully saturated rings. The molecule has 0 unspecified atom stereocenters. The first-order valence-corrected chi connectivity index (χ1v) is 8.35. The van der Waals surface area contributed by atoms with Crippen molar-refractivity contribution in [1.82, 2.24) is 0 Å². The van der Waals surface area contributed by atoms with Crippen molar-refractivity contribution >= 4 is 27.4 Å². The third-order valence-corrected chi connectivity index (χ3v) is 5.07. The minimum atomic E-state index is -1.51. The van der Waals surface area contributed by atoms with Crippen LogP contribution in [0.15, 0.2) is 24.3 Å². The van der Waals surface area contributed by atoms with Crippen molar-refractivity contribution in [3.63, 3.8) is 0 Å². The lowest BCUT2D eigenvalue weighted by Gasteiger charge is -2.39. The number of ether oxygens (including phenoxy) is 3. The van der Waals surface area contributed by atoms with Crippen molar-refractivity contribution in [3.05, 3.63) is 29.1 Å². The topological polar surface area (TPSA) is 126 Å². The Balaban J connectivity index is 1.81. The molecule has 5 atom stereocenters. The van der Waals surface area contributed by atoms with E-state index < -0.39 is 43.3 Å². The van der Waals surface area contributed by atoms with Crippen molar-refractivity contribution < 1.29 is 39.4 Å². The zero-order valence-corrected chi connectivity index (χ0v) is 14.0. The Labute approximate surface area is 146 Å². The molecule has 8 nitrogen and oxygen atoms in total. The molecule has 0 spiro atoms. The van der Waals surface area contributed by atoms with E-state index in [-0.39, 0.29) is 0 Å². The first-order valence-electron chi connectivity index (χ1n) is 7.53. The summed E-state index contributed by atoms with van der Waals surface area (Å²) < 4.78 is 16.4. The molecule has 0 saturated carbocycles. The van der Waals surface area contributed by atoms with Gasteiger partial charge in [0.2, 0.25) is 6.29 Å². The SMILES string of the molecule is COC(=O)c1cc2cc(O[C@H]3O[C@H](CO)[C@@H](O)[C@H](O)[C@@H]3O)ccc2s1. The van der Waals surface area contributed by atoms with Crippen LogP contribution in [-0.2, 0) is 9.47 Å². The summed E-state index contributed by atoms with van der Waals surface area (Å²) in [5, 5.41) is 39.5. The van der Waals surface area contributed by atoms with Gasteiger partial charge in [-0.05, 0) is 29.7 Å². The number of hydrogen-bond donors (Lipinski definition) is 4. The highest BCUT2D eigenvalue weighted by atomic mass is 32.1. The fourth-order valence-electron chi connectivity index (χ4n) is 2.59. The number of hydrogen-bond acceptors (Lipinski definition) is 9. The van der Waals surface area contributed by atoms with E-state index in [1.807, 2.05) is 0 Å². The molecular formula is C16H18O8S. The van der Waals surface area contributed by atoms with Crippen molar-refractivity contribution in [2.75, 3.05) is 13.7 Å². The summed E-state index contributed by atoms with van der Waals surface area (Å²) in [4.78, 5) is 12.0. The van der Waals surface area contributed by atoms with Gasteiger partial charge < -0.3 is 34.6 Å². The van der Waals surface area contributed by atoms with Gasteiger partial charge in [-0.15, -0.1) is 11.3 Å². The second-order valence-electron chi connectivity index (χ2n) is 5.62.